The molecule has 0 fully saturated rings. The lowest BCUT2D eigenvalue weighted by Crippen LogP contribution is -2.22. The Kier molecular flexibility index (Phi) is 6.08. The SMILES string of the molecule is CCCCC(=O)OC(=O)c1[nH]c(CCC)nc1C(C)(C)O. The number of aryl methyl sites for hydroxylation is 1. The van der Waals surface area contributed by atoms with E-state index in [4.69, 9.17) is 4.74 Å². The third-order valence-electron chi connectivity index (χ3n) is 2.96. The fourth-order valence-electron chi connectivity index (χ4n) is 1.89. The first-order valence-electron chi connectivity index (χ1n) is 7.36. The Morgan fingerprint density at radius 1 is 1.29 bits per heavy atom. The Hall–Kier alpha value is -1.69. The molecule has 0 unspecified atom stereocenters. The van der Waals surface area contributed by atoms with E-state index < -0.39 is 17.5 Å². The maximum absolute atomic E-state index is 12.1. The molecule has 1 aromatic rings. The minimum Gasteiger partial charge on any atom is -0.388 e. The number of imidazole rings is 1. The van der Waals surface area contributed by atoms with E-state index in [1.54, 1.807) is 0 Å². The number of nitrogens with one attached hydrogen (secondary N) is 1. The van der Waals surface area contributed by atoms with Gasteiger partial charge in [-0.3, -0.25) is 4.79 Å². The number of aliphatic hydroxyl groups is 1. The lowest BCUT2D eigenvalue weighted by atomic mass is 10.0. The van der Waals surface area contributed by atoms with E-state index in [9.17, 15) is 14.7 Å². The van der Waals surface area contributed by atoms with Crippen LogP contribution in [0.1, 0.15) is 75.4 Å². The van der Waals surface area contributed by atoms with Crippen molar-refractivity contribution in [1.82, 2.24) is 9.97 Å². The second-order valence-electron chi connectivity index (χ2n) is 5.58. The number of esters is 2. The quantitative estimate of drug-likeness (QED) is 0.595. The van der Waals surface area contributed by atoms with E-state index in [2.05, 4.69) is 9.97 Å². The average Bonchev–Trinajstić information content (AvgIpc) is 2.81. The molecule has 0 saturated heterocycles. The zero-order valence-electron chi connectivity index (χ0n) is 13.2. The first-order valence-corrected chi connectivity index (χ1v) is 7.36. The highest BCUT2D eigenvalue weighted by Gasteiger charge is 2.30. The molecule has 0 aliphatic carbocycles. The normalized spacial score (nSPS) is 11.5. The Morgan fingerprint density at radius 2 is 1.95 bits per heavy atom. The fourth-order valence-corrected chi connectivity index (χ4v) is 1.89. The second-order valence-corrected chi connectivity index (χ2v) is 5.58. The molecule has 1 heterocycles. The molecule has 2 N–H and O–H groups in total. The van der Waals surface area contributed by atoms with Gasteiger partial charge in [-0.1, -0.05) is 20.3 Å². The lowest BCUT2D eigenvalue weighted by molar-refractivity contribution is -0.138. The smallest absolute Gasteiger partial charge is 0.364 e. The number of aromatic nitrogens is 2. The number of nitrogens with zero attached hydrogens (tertiary/aromatic N) is 1. The van der Waals surface area contributed by atoms with Crippen LogP contribution in [0, 0.1) is 0 Å². The van der Waals surface area contributed by atoms with Gasteiger partial charge in [0.1, 0.15) is 17.1 Å². The molecule has 0 aromatic carbocycles. The third-order valence-corrected chi connectivity index (χ3v) is 2.96. The topological polar surface area (TPSA) is 92.3 Å². The molecule has 1 aromatic heterocycles. The zero-order valence-corrected chi connectivity index (χ0v) is 13.2. The van der Waals surface area contributed by atoms with Gasteiger partial charge in [0.2, 0.25) is 0 Å². The van der Waals surface area contributed by atoms with Gasteiger partial charge in [0.15, 0.2) is 5.69 Å². The van der Waals surface area contributed by atoms with E-state index in [0.29, 0.717) is 18.7 Å². The largest absolute Gasteiger partial charge is 0.388 e. The van der Waals surface area contributed by atoms with Crippen LogP contribution in [-0.2, 0) is 21.6 Å². The van der Waals surface area contributed by atoms with Crippen LogP contribution < -0.4 is 0 Å². The molecule has 0 aliphatic heterocycles. The number of carbonyl (C=O) groups excluding carboxylic acids is 2. The molecule has 0 aliphatic rings. The fraction of sp³-hybridized carbons (Fsp3) is 0.667. The second kappa shape index (κ2) is 7.36. The Balaban J connectivity index is 2.94. The summed E-state index contributed by atoms with van der Waals surface area (Å²) in [4.78, 5) is 30.7. The molecule has 0 saturated carbocycles. The van der Waals surface area contributed by atoms with Gasteiger partial charge in [-0.2, -0.15) is 0 Å². The van der Waals surface area contributed by atoms with Gasteiger partial charge in [-0.25, -0.2) is 9.78 Å². The molecule has 1 rings (SSSR count). The highest BCUT2D eigenvalue weighted by atomic mass is 16.6. The number of unbranched alkanes of at least 4 members (excludes halogenated alkanes) is 1. The van der Waals surface area contributed by atoms with Gasteiger partial charge in [0, 0.05) is 12.8 Å². The van der Waals surface area contributed by atoms with Crippen molar-refractivity contribution in [3.8, 4) is 0 Å². The highest BCUT2D eigenvalue weighted by molar-refractivity contribution is 5.96. The molecule has 6 nitrogen and oxygen atoms in total. The molecule has 0 bridgehead atoms. The van der Waals surface area contributed by atoms with Crippen LogP contribution in [0.2, 0.25) is 0 Å². The number of carbonyl (C=O) groups is 2. The predicted molar refractivity (Wildman–Crippen MR) is 77.8 cm³/mol. The minimum absolute atomic E-state index is 0.0517. The summed E-state index contributed by atoms with van der Waals surface area (Å²) in [6.45, 7) is 7.01. The molecular weight excluding hydrogens is 272 g/mol. The summed E-state index contributed by atoms with van der Waals surface area (Å²) in [5.74, 6) is -0.749. The van der Waals surface area contributed by atoms with Gasteiger partial charge in [-0.15, -0.1) is 0 Å². The number of ether oxygens (including phenoxy) is 1. The minimum atomic E-state index is -1.29. The van der Waals surface area contributed by atoms with Gasteiger partial charge in [0.05, 0.1) is 0 Å². The monoisotopic (exact) mass is 296 g/mol. The maximum Gasteiger partial charge on any atom is 0.364 e. The standard InChI is InChI=1S/C15H24N2O4/c1-5-7-9-11(18)21-14(19)12-13(15(3,4)20)17-10(16-12)8-6-2/h20H,5-9H2,1-4H3,(H,16,17). The molecule has 118 valence electrons. The first kappa shape index (κ1) is 17.4. The molecule has 0 spiro atoms. The maximum atomic E-state index is 12.1. The van der Waals surface area contributed by atoms with E-state index in [-0.39, 0.29) is 17.8 Å². The van der Waals surface area contributed by atoms with Crippen molar-refractivity contribution < 1.29 is 19.4 Å². The van der Waals surface area contributed by atoms with Gasteiger partial charge in [-0.05, 0) is 26.7 Å². The first-order chi connectivity index (χ1) is 9.79. The predicted octanol–water partition coefficient (Wildman–Crippen LogP) is 2.46. The average molecular weight is 296 g/mol. The number of rotatable bonds is 7. The van der Waals surface area contributed by atoms with Crippen LogP contribution in [0.15, 0.2) is 0 Å². The molecule has 6 heteroatoms. The van der Waals surface area contributed by atoms with E-state index >= 15 is 0 Å². The summed E-state index contributed by atoms with van der Waals surface area (Å²) in [7, 11) is 0. The van der Waals surface area contributed by atoms with Crippen molar-refractivity contribution in [3.63, 3.8) is 0 Å². The third kappa shape index (κ3) is 4.97. The molecule has 0 amide bonds. The van der Waals surface area contributed by atoms with Crippen molar-refractivity contribution in [2.24, 2.45) is 0 Å². The van der Waals surface area contributed by atoms with Crippen LogP contribution >= 0.6 is 0 Å². The Labute approximate surface area is 124 Å². The summed E-state index contributed by atoms with van der Waals surface area (Å²) >= 11 is 0. The summed E-state index contributed by atoms with van der Waals surface area (Å²) in [6, 6.07) is 0. The van der Waals surface area contributed by atoms with Gasteiger partial charge < -0.3 is 14.8 Å². The summed E-state index contributed by atoms with van der Waals surface area (Å²) < 4.78 is 4.81. The molecule has 0 atom stereocenters. The van der Waals surface area contributed by atoms with Crippen LogP contribution in [0.5, 0.6) is 0 Å². The summed E-state index contributed by atoms with van der Waals surface area (Å²) in [5, 5.41) is 10.1. The highest BCUT2D eigenvalue weighted by Crippen LogP contribution is 2.23. The van der Waals surface area contributed by atoms with Crippen LogP contribution in [0.4, 0.5) is 0 Å². The van der Waals surface area contributed by atoms with Crippen molar-refractivity contribution in [2.45, 2.75) is 65.4 Å². The van der Waals surface area contributed by atoms with Gasteiger partial charge >= 0.3 is 11.9 Å². The Bertz CT molecular complexity index is 500. The van der Waals surface area contributed by atoms with Crippen molar-refractivity contribution >= 4 is 11.9 Å². The van der Waals surface area contributed by atoms with E-state index in [1.807, 2.05) is 13.8 Å². The Morgan fingerprint density at radius 3 is 2.48 bits per heavy atom. The summed E-state index contributed by atoms with van der Waals surface area (Å²) in [6.07, 6.45) is 3.23. The van der Waals surface area contributed by atoms with Crippen molar-refractivity contribution in [3.05, 3.63) is 17.2 Å². The lowest BCUT2D eigenvalue weighted by Gasteiger charge is -2.15. The van der Waals surface area contributed by atoms with Crippen molar-refractivity contribution in [1.29, 1.82) is 0 Å². The number of aromatic amines is 1. The summed E-state index contributed by atoms with van der Waals surface area (Å²) in [5.41, 5.74) is -1.03. The van der Waals surface area contributed by atoms with Crippen LogP contribution in [0.3, 0.4) is 0 Å². The van der Waals surface area contributed by atoms with E-state index in [1.165, 1.54) is 13.8 Å². The molecular formula is C15H24N2O4. The molecule has 0 radical (unpaired) electrons. The van der Waals surface area contributed by atoms with Crippen LogP contribution in [-0.4, -0.2) is 27.0 Å². The number of hydrogen-bond acceptors (Lipinski definition) is 5. The molecule has 21 heavy (non-hydrogen) atoms. The van der Waals surface area contributed by atoms with Crippen LogP contribution in [0.25, 0.3) is 0 Å². The number of hydrogen-bond donors (Lipinski definition) is 2. The zero-order chi connectivity index (χ0) is 16.0. The number of H-pyrrole nitrogens is 1. The van der Waals surface area contributed by atoms with Gasteiger partial charge in [0.25, 0.3) is 0 Å². The van der Waals surface area contributed by atoms with Crippen molar-refractivity contribution in [2.75, 3.05) is 0 Å². The van der Waals surface area contributed by atoms with E-state index in [0.717, 1.165) is 12.8 Å².